The molecule has 0 amide bonds. The van der Waals surface area contributed by atoms with Gasteiger partial charge in [0.15, 0.2) is 0 Å². The summed E-state index contributed by atoms with van der Waals surface area (Å²) in [5, 5.41) is 8.69. The van der Waals surface area contributed by atoms with E-state index in [2.05, 4.69) is 22.4 Å². The molecule has 3 N–H and O–H groups in total. The Hall–Kier alpha value is -2.35. The molecule has 0 unspecified atom stereocenters. The van der Waals surface area contributed by atoms with Crippen LogP contribution in [0.2, 0.25) is 0 Å². The van der Waals surface area contributed by atoms with Gasteiger partial charge in [0.1, 0.15) is 0 Å². The number of pyridine rings is 1. The van der Waals surface area contributed by atoms with Gasteiger partial charge in [0.2, 0.25) is 10.0 Å². The molecule has 5 nitrogen and oxygen atoms in total. The first-order chi connectivity index (χ1) is 13.0. The van der Waals surface area contributed by atoms with Gasteiger partial charge in [-0.3, -0.25) is 4.98 Å². The number of benzene rings is 2. The maximum atomic E-state index is 11.6. The summed E-state index contributed by atoms with van der Waals surface area (Å²) >= 11 is 1.75. The summed E-state index contributed by atoms with van der Waals surface area (Å²) in [6, 6.07) is 20.8. The van der Waals surface area contributed by atoms with Crippen LogP contribution in [0.4, 0.5) is 5.69 Å². The van der Waals surface area contributed by atoms with Crippen LogP contribution in [0.5, 0.6) is 0 Å². The number of thioether (sulfide) groups is 1. The molecule has 1 heterocycles. The molecule has 0 radical (unpaired) electrons. The number of nitrogens with one attached hydrogen (secondary N) is 1. The Kier molecular flexibility index (Phi) is 6.49. The first kappa shape index (κ1) is 19.4. The summed E-state index contributed by atoms with van der Waals surface area (Å²) in [7, 11) is -3.73. The van der Waals surface area contributed by atoms with Crippen molar-refractivity contribution in [2.24, 2.45) is 5.14 Å². The van der Waals surface area contributed by atoms with E-state index in [1.165, 1.54) is 11.0 Å². The first-order valence-electron chi connectivity index (χ1n) is 8.47. The van der Waals surface area contributed by atoms with E-state index >= 15 is 0 Å². The van der Waals surface area contributed by atoms with Gasteiger partial charge in [-0.2, -0.15) is 0 Å². The molecule has 0 aliphatic heterocycles. The zero-order valence-corrected chi connectivity index (χ0v) is 16.3. The lowest BCUT2D eigenvalue weighted by atomic mass is 10.1. The number of primary sulfonamides is 1. The highest BCUT2D eigenvalue weighted by atomic mass is 32.2. The second-order valence-electron chi connectivity index (χ2n) is 6.10. The Morgan fingerprint density at radius 2 is 1.85 bits per heavy atom. The number of rotatable bonds is 8. The van der Waals surface area contributed by atoms with Gasteiger partial charge in [0, 0.05) is 34.8 Å². The Bertz CT molecular complexity index is 965. The average Bonchev–Trinajstić information content (AvgIpc) is 2.67. The summed E-state index contributed by atoms with van der Waals surface area (Å²) in [5.74, 6) is 0.818. The summed E-state index contributed by atoms with van der Waals surface area (Å²) in [6.07, 6.45) is 4.37. The lowest BCUT2D eigenvalue weighted by molar-refractivity contribution is 0.598. The van der Waals surface area contributed by atoms with Crippen molar-refractivity contribution >= 4 is 27.5 Å². The predicted molar refractivity (Wildman–Crippen MR) is 110 cm³/mol. The van der Waals surface area contributed by atoms with Gasteiger partial charge < -0.3 is 5.32 Å². The van der Waals surface area contributed by atoms with Crippen LogP contribution in [-0.2, 0) is 16.4 Å². The minimum atomic E-state index is -3.73. The molecule has 0 aliphatic carbocycles. The summed E-state index contributed by atoms with van der Waals surface area (Å²) < 4.78 is 23.2. The molecule has 140 valence electrons. The maximum Gasteiger partial charge on any atom is 0.238 e. The van der Waals surface area contributed by atoms with Crippen molar-refractivity contribution < 1.29 is 8.42 Å². The van der Waals surface area contributed by atoms with Crippen molar-refractivity contribution in [1.82, 2.24) is 4.98 Å². The molecule has 0 aliphatic rings. The van der Waals surface area contributed by atoms with Gasteiger partial charge >= 0.3 is 0 Å². The lowest BCUT2D eigenvalue weighted by Gasteiger charge is -2.20. The lowest BCUT2D eigenvalue weighted by Crippen LogP contribution is -2.25. The van der Waals surface area contributed by atoms with Crippen molar-refractivity contribution in [1.29, 1.82) is 0 Å². The van der Waals surface area contributed by atoms with Gasteiger partial charge in [-0.05, 0) is 48.4 Å². The zero-order valence-electron chi connectivity index (χ0n) is 14.7. The summed E-state index contributed by atoms with van der Waals surface area (Å²) in [6.45, 7) is 0. The van der Waals surface area contributed by atoms with Gasteiger partial charge in [-0.25, -0.2) is 13.6 Å². The van der Waals surface area contributed by atoms with Crippen LogP contribution in [0.1, 0.15) is 5.56 Å². The predicted octanol–water partition coefficient (Wildman–Crippen LogP) is 3.54. The van der Waals surface area contributed by atoms with E-state index in [-0.39, 0.29) is 10.9 Å². The molecule has 3 aromatic rings. The molecule has 0 saturated carbocycles. The van der Waals surface area contributed by atoms with Crippen molar-refractivity contribution in [3.05, 3.63) is 84.7 Å². The monoisotopic (exact) mass is 399 g/mol. The van der Waals surface area contributed by atoms with E-state index in [4.69, 9.17) is 5.14 Å². The fourth-order valence-electron chi connectivity index (χ4n) is 2.67. The standard InChI is InChI=1S/C20H21N3O2S2/c21-27(24,25)20-10-4-7-17(13-20)23-18(12-16-6-5-11-22-14-16)15-26-19-8-2-1-3-9-19/h1-11,13-14,18,23H,12,15H2,(H2,21,24,25)/t18-/m0/s1. The molecule has 1 atom stereocenters. The molecule has 0 bridgehead atoms. The van der Waals surface area contributed by atoms with Crippen LogP contribution in [-0.4, -0.2) is 25.2 Å². The van der Waals surface area contributed by atoms with Gasteiger partial charge in [0.25, 0.3) is 0 Å². The van der Waals surface area contributed by atoms with E-state index in [0.717, 1.165) is 23.4 Å². The number of nitrogens with zero attached hydrogens (tertiary/aromatic N) is 1. The molecule has 1 aromatic heterocycles. The van der Waals surface area contributed by atoms with Crippen LogP contribution >= 0.6 is 11.8 Å². The average molecular weight is 400 g/mol. The number of anilines is 1. The smallest absolute Gasteiger partial charge is 0.238 e. The normalized spacial score (nSPS) is 12.5. The quantitative estimate of drug-likeness (QED) is 0.566. The number of aromatic nitrogens is 1. The molecule has 7 heteroatoms. The minimum absolute atomic E-state index is 0.0927. The minimum Gasteiger partial charge on any atom is -0.381 e. The zero-order chi connectivity index (χ0) is 19.1. The van der Waals surface area contributed by atoms with Gasteiger partial charge in [0.05, 0.1) is 4.90 Å². The summed E-state index contributed by atoms with van der Waals surface area (Å²) in [5.41, 5.74) is 1.84. The Balaban J connectivity index is 1.76. The maximum absolute atomic E-state index is 11.6. The number of hydrogen-bond acceptors (Lipinski definition) is 5. The third-order valence-electron chi connectivity index (χ3n) is 3.93. The molecule has 0 fully saturated rings. The van der Waals surface area contributed by atoms with E-state index in [0.29, 0.717) is 0 Å². The number of nitrogens with two attached hydrogens (primary N) is 1. The molecule has 2 aromatic carbocycles. The van der Waals surface area contributed by atoms with Crippen molar-refractivity contribution in [2.45, 2.75) is 22.3 Å². The van der Waals surface area contributed by atoms with E-state index in [1.54, 1.807) is 30.1 Å². The highest BCUT2D eigenvalue weighted by molar-refractivity contribution is 7.99. The summed E-state index contributed by atoms with van der Waals surface area (Å²) in [4.78, 5) is 5.47. The molecule has 3 rings (SSSR count). The second kappa shape index (κ2) is 9.03. The molecule has 0 saturated heterocycles. The topological polar surface area (TPSA) is 85.1 Å². The SMILES string of the molecule is NS(=O)(=O)c1cccc(N[C@H](CSc2ccccc2)Cc2cccnc2)c1. The molecular weight excluding hydrogens is 378 g/mol. The largest absolute Gasteiger partial charge is 0.381 e. The van der Waals surface area contributed by atoms with Crippen LogP contribution in [0, 0.1) is 0 Å². The van der Waals surface area contributed by atoms with Gasteiger partial charge in [-0.1, -0.05) is 30.3 Å². The fourth-order valence-corrected chi connectivity index (χ4v) is 4.17. The van der Waals surface area contributed by atoms with Crippen LogP contribution in [0.25, 0.3) is 0 Å². The first-order valence-corrected chi connectivity index (χ1v) is 11.0. The molecule has 0 spiro atoms. The van der Waals surface area contributed by atoms with Crippen molar-refractivity contribution in [3.8, 4) is 0 Å². The highest BCUT2D eigenvalue weighted by Crippen LogP contribution is 2.22. The fraction of sp³-hybridized carbons (Fsp3) is 0.150. The number of sulfonamides is 1. The Morgan fingerprint density at radius 3 is 2.56 bits per heavy atom. The van der Waals surface area contributed by atoms with Crippen LogP contribution in [0.3, 0.4) is 0 Å². The highest BCUT2D eigenvalue weighted by Gasteiger charge is 2.13. The van der Waals surface area contributed by atoms with Gasteiger partial charge in [-0.15, -0.1) is 11.8 Å². The Labute approximate surface area is 164 Å². The third kappa shape index (κ3) is 6.09. The Morgan fingerprint density at radius 1 is 1.04 bits per heavy atom. The van der Waals surface area contributed by atoms with E-state index in [1.807, 2.05) is 42.6 Å². The van der Waals surface area contributed by atoms with E-state index in [9.17, 15) is 8.42 Å². The van der Waals surface area contributed by atoms with Crippen molar-refractivity contribution in [2.75, 3.05) is 11.1 Å². The molecule has 27 heavy (non-hydrogen) atoms. The molecular formula is C20H21N3O2S2. The van der Waals surface area contributed by atoms with Crippen molar-refractivity contribution in [3.63, 3.8) is 0 Å². The third-order valence-corrected chi connectivity index (χ3v) is 6.02. The number of hydrogen-bond donors (Lipinski definition) is 2. The van der Waals surface area contributed by atoms with Crippen LogP contribution in [0.15, 0.2) is 88.9 Å². The van der Waals surface area contributed by atoms with E-state index < -0.39 is 10.0 Å². The van der Waals surface area contributed by atoms with Crippen LogP contribution < -0.4 is 10.5 Å². The second-order valence-corrected chi connectivity index (χ2v) is 8.76.